The maximum absolute atomic E-state index is 14.9. The van der Waals surface area contributed by atoms with Gasteiger partial charge < -0.3 is 24.0 Å². The molecule has 9 heteroatoms. The summed E-state index contributed by atoms with van der Waals surface area (Å²) in [6, 6.07) is 31.1. The molecule has 0 saturated carbocycles. The molecule has 2 aliphatic heterocycles. The molecular formula is C46H47N5O4. The number of rotatable bonds is 6. The Bertz CT molecular complexity index is 2330. The van der Waals surface area contributed by atoms with E-state index in [2.05, 4.69) is 37.0 Å². The van der Waals surface area contributed by atoms with E-state index in [1.54, 1.807) is 22.9 Å². The van der Waals surface area contributed by atoms with Crippen molar-refractivity contribution in [2.24, 2.45) is 7.05 Å². The molecule has 7 rings (SSSR count). The van der Waals surface area contributed by atoms with Crippen LogP contribution in [-0.2, 0) is 33.0 Å². The maximum Gasteiger partial charge on any atom is 0.415 e. The van der Waals surface area contributed by atoms with Crippen LogP contribution in [0.1, 0.15) is 61.2 Å². The van der Waals surface area contributed by atoms with Gasteiger partial charge in [0.25, 0.3) is 11.8 Å². The zero-order chi connectivity index (χ0) is 38.8. The van der Waals surface area contributed by atoms with Crippen LogP contribution < -0.4 is 9.64 Å². The van der Waals surface area contributed by atoms with Crippen LogP contribution in [0.2, 0.25) is 0 Å². The lowest BCUT2D eigenvalue weighted by Gasteiger charge is -2.36. The Hall–Kier alpha value is -6.11. The van der Waals surface area contributed by atoms with E-state index in [1.165, 1.54) is 5.56 Å². The molecule has 2 aliphatic rings. The van der Waals surface area contributed by atoms with E-state index in [-0.39, 0.29) is 17.9 Å². The van der Waals surface area contributed by atoms with Crippen LogP contribution in [0.4, 0.5) is 10.5 Å². The molecule has 4 aromatic carbocycles. The van der Waals surface area contributed by atoms with Gasteiger partial charge in [0, 0.05) is 68.0 Å². The summed E-state index contributed by atoms with van der Waals surface area (Å²) in [7, 11) is 7.63. The van der Waals surface area contributed by atoms with Gasteiger partial charge in [-0.2, -0.15) is 0 Å². The van der Waals surface area contributed by atoms with E-state index in [0.29, 0.717) is 55.0 Å². The Morgan fingerprint density at radius 1 is 0.818 bits per heavy atom. The molecule has 0 saturated heterocycles. The highest BCUT2D eigenvalue weighted by Gasteiger charge is 2.33. The number of amides is 3. The SMILES string of the molecule is Cc1c(C(=O)N(C)c2ccccc2)cc(-c2cc3c(cc2C(=O)N2Cc4ccccc4C[C@H]2C)CN(C(=O)Oc2ccccc2C#CCN(C)C)CC3)n1C. The third-order valence-electron chi connectivity index (χ3n) is 10.8. The molecule has 0 spiro atoms. The van der Waals surface area contributed by atoms with Gasteiger partial charge in [0.2, 0.25) is 0 Å². The molecule has 3 amide bonds. The second-order valence-corrected chi connectivity index (χ2v) is 14.8. The molecule has 0 aliphatic carbocycles. The summed E-state index contributed by atoms with van der Waals surface area (Å²) in [6.45, 7) is 5.86. The van der Waals surface area contributed by atoms with E-state index >= 15 is 0 Å². The van der Waals surface area contributed by atoms with Gasteiger partial charge in [0.1, 0.15) is 5.75 Å². The zero-order valence-corrected chi connectivity index (χ0v) is 32.4. The number of para-hydroxylation sites is 2. The van der Waals surface area contributed by atoms with Gasteiger partial charge >= 0.3 is 6.09 Å². The number of carbonyl (C=O) groups excluding carboxylic acids is 3. The summed E-state index contributed by atoms with van der Waals surface area (Å²) in [5.41, 5.74) is 9.25. The molecular weight excluding hydrogens is 687 g/mol. The van der Waals surface area contributed by atoms with Gasteiger partial charge in [-0.25, -0.2) is 4.79 Å². The number of hydrogen-bond acceptors (Lipinski definition) is 5. The van der Waals surface area contributed by atoms with Crippen LogP contribution in [0.3, 0.4) is 0 Å². The fourth-order valence-corrected chi connectivity index (χ4v) is 7.49. The highest BCUT2D eigenvalue weighted by molar-refractivity contribution is 6.08. The van der Waals surface area contributed by atoms with Crippen molar-refractivity contribution in [1.29, 1.82) is 0 Å². The van der Waals surface area contributed by atoms with Gasteiger partial charge in [-0.3, -0.25) is 14.5 Å². The summed E-state index contributed by atoms with van der Waals surface area (Å²) in [5, 5.41) is 0. The van der Waals surface area contributed by atoms with Gasteiger partial charge in [-0.15, -0.1) is 0 Å². The zero-order valence-electron chi connectivity index (χ0n) is 32.4. The van der Waals surface area contributed by atoms with Crippen molar-refractivity contribution in [3.8, 4) is 28.8 Å². The van der Waals surface area contributed by atoms with Crippen LogP contribution in [0, 0.1) is 18.8 Å². The minimum Gasteiger partial charge on any atom is -0.409 e. The second-order valence-electron chi connectivity index (χ2n) is 14.8. The minimum absolute atomic E-state index is 0.0227. The fourth-order valence-electron chi connectivity index (χ4n) is 7.49. The van der Waals surface area contributed by atoms with E-state index in [0.717, 1.165) is 45.7 Å². The number of anilines is 1. The Morgan fingerprint density at radius 2 is 1.53 bits per heavy atom. The fraction of sp³-hybridized carbons (Fsp3) is 0.283. The summed E-state index contributed by atoms with van der Waals surface area (Å²) < 4.78 is 7.94. The molecule has 55 heavy (non-hydrogen) atoms. The Balaban J connectivity index is 1.24. The molecule has 9 nitrogen and oxygen atoms in total. The first-order chi connectivity index (χ1) is 26.5. The maximum atomic E-state index is 14.9. The third-order valence-corrected chi connectivity index (χ3v) is 10.8. The lowest BCUT2D eigenvalue weighted by Crippen LogP contribution is -2.43. The predicted octanol–water partition coefficient (Wildman–Crippen LogP) is 7.33. The monoisotopic (exact) mass is 733 g/mol. The van der Waals surface area contributed by atoms with Crippen molar-refractivity contribution in [3.05, 3.63) is 142 Å². The van der Waals surface area contributed by atoms with Crippen LogP contribution in [-0.4, -0.2) is 77.4 Å². The third kappa shape index (κ3) is 7.64. The normalized spacial score (nSPS) is 14.8. The largest absolute Gasteiger partial charge is 0.415 e. The molecule has 280 valence electrons. The Labute approximate surface area is 323 Å². The summed E-state index contributed by atoms with van der Waals surface area (Å²) in [6.07, 6.45) is 0.876. The summed E-state index contributed by atoms with van der Waals surface area (Å²) in [5.74, 6) is 6.45. The lowest BCUT2D eigenvalue weighted by molar-refractivity contribution is 0.0658. The van der Waals surface area contributed by atoms with E-state index in [1.807, 2.05) is 115 Å². The molecule has 0 unspecified atom stereocenters. The number of hydrogen-bond donors (Lipinski definition) is 0. The predicted molar refractivity (Wildman–Crippen MR) is 216 cm³/mol. The standard InChI is InChI=1S/C46H47N5O4/c1-31-25-34-16-10-11-17-36(34)30-51(31)45(53)41-27-37-29-50(46(54)55-43-21-13-12-15-33(43)18-14-23-47(3)4)24-22-35(37)26-40(41)42-28-39(32(2)48(42)5)44(52)49(6)38-19-8-7-9-20-38/h7-13,15-17,19-21,26-28,31H,22-25,29-30H2,1-6H3/t31-/m1/s1. The molecule has 0 bridgehead atoms. The lowest BCUT2D eigenvalue weighted by atomic mass is 9.90. The van der Waals surface area contributed by atoms with Crippen molar-refractivity contribution in [2.75, 3.05) is 39.1 Å². The van der Waals surface area contributed by atoms with Gasteiger partial charge in [0.15, 0.2) is 0 Å². The van der Waals surface area contributed by atoms with Crippen molar-refractivity contribution in [3.63, 3.8) is 0 Å². The van der Waals surface area contributed by atoms with Crippen molar-refractivity contribution < 1.29 is 19.1 Å². The van der Waals surface area contributed by atoms with Gasteiger partial charge in [0.05, 0.1) is 17.7 Å². The van der Waals surface area contributed by atoms with E-state index in [9.17, 15) is 14.4 Å². The molecule has 1 atom stereocenters. The van der Waals surface area contributed by atoms with Crippen LogP contribution in [0.15, 0.2) is 97.1 Å². The number of benzene rings is 4. The molecule has 0 radical (unpaired) electrons. The molecule has 0 N–H and O–H groups in total. The Kier molecular flexibility index (Phi) is 10.6. The first-order valence-corrected chi connectivity index (χ1v) is 18.7. The average Bonchev–Trinajstić information content (AvgIpc) is 3.49. The van der Waals surface area contributed by atoms with Crippen LogP contribution >= 0.6 is 0 Å². The number of nitrogens with zero attached hydrogens (tertiary/aromatic N) is 5. The molecule has 1 aromatic heterocycles. The summed E-state index contributed by atoms with van der Waals surface area (Å²) in [4.78, 5) is 49.7. The summed E-state index contributed by atoms with van der Waals surface area (Å²) >= 11 is 0. The quantitative estimate of drug-likeness (QED) is 0.171. The van der Waals surface area contributed by atoms with Crippen LogP contribution in [0.25, 0.3) is 11.3 Å². The van der Waals surface area contributed by atoms with Crippen molar-refractivity contribution in [2.45, 2.75) is 45.8 Å². The van der Waals surface area contributed by atoms with Crippen molar-refractivity contribution >= 4 is 23.6 Å². The number of aromatic nitrogens is 1. The highest BCUT2D eigenvalue weighted by atomic mass is 16.6. The van der Waals surface area contributed by atoms with Crippen LogP contribution in [0.5, 0.6) is 5.75 Å². The van der Waals surface area contributed by atoms with E-state index in [4.69, 9.17) is 4.74 Å². The van der Waals surface area contributed by atoms with Crippen molar-refractivity contribution in [1.82, 2.24) is 19.3 Å². The highest BCUT2D eigenvalue weighted by Crippen LogP contribution is 2.36. The smallest absolute Gasteiger partial charge is 0.409 e. The number of carbonyl (C=O) groups is 3. The molecule has 3 heterocycles. The molecule has 5 aromatic rings. The second kappa shape index (κ2) is 15.7. The van der Waals surface area contributed by atoms with Gasteiger partial charge in [-0.05, 0) is 106 Å². The Morgan fingerprint density at radius 3 is 2.29 bits per heavy atom. The van der Waals surface area contributed by atoms with E-state index < -0.39 is 6.09 Å². The topological polar surface area (TPSA) is 78.3 Å². The first-order valence-electron chi connectivity index (χ1n) is 18.7. The first kappa shape index (κ1) is 37.2. The average molecular weight is 734 g/mol. The minimum atomic E-state index is -0.463. The van der Waals surface area contributed by atoms with Gasteiger partial charge in [-0.1, -0.05) is 66.4 Å². The molecule has 0 fully saturated rings. The number of ether oxygens (including phenoxy) is 1. The number of fused-ring (bicyclic) bond motifs is 2.